The van der Waals surface area contributed by atoms with E-state index in [4.69, 9.17) is 10.2 Å². The minimum absolute atomic E-state index is 0.0466. The molecule has 2 heterocycles. The van der Waals surface area contributed by atoms with Crippen LogP contribution in [0.25, 0.3) is 0 Å². The van der Waals surface area contributed by atoms with Crippen LogP contribution in [0.4, 0.5) is 6.01 Å². The summed E-state index contributed by atoms with van der Waals surface area (Å²) in [5.74, 6) is -0.0786. The smallest absolute Gasteiger partial charge is 0.292 e. The number of hydrogen-bond acceptors (Lipinski definition) is 4. The lowest BCUT2D eigenvalue weighted by Gasteiger charge is -2.25. The lowest BCUT2D eigenvalue weighted by Crippen LogP contribution is -2.35. The van der Waals surface area contributed by atoms with Crippen molar-refractivity contribution in [1.82, 2.24) is 9.88 Å². The molecule has 1 amide bonds. The molecular formula is C9H13N3O2. The Hall–Kier alpha value is -1.52. The number of piperidine rings is 1. The van der Waals surface area contributed by atoms with Gasteiger partial charge in [0.2, 0.25) is 0 Å². The van der Waals surface area contributed by atoms with Crippen molar-refractivity contribution in [2.24, 2.45) is 0 Å². The van der Waals surface area contributed by atoms with Crippen molar-refractivity contribution in [3.63, 3.8) is 0 Å². The number of carbonyl (C=O) groups is 1. The minimum atomic E-state index is -0.0786. The van der Waals surface area contributed by atoms with Crippen molar-refractivity contribution in [1.29, 1.82) is 0 Å². The predicted molar refractivity (Wildman–Crippen MR) is 50.7 cm³/mol. The van der Waals surface area contributed by atoms with Crippen molar-refractivity contribution in [2.75, 3.05) is 18.8 Å². The molecule has 1 aliphatic rings. The van der Waals surface area contributed by atoms with Gasteiger partial charge in [0.1, 0.15) is 6.26 Å². The third-order valence-electron chi connectivity index (χ3n) is 2.38. The van der Waals surface area contributed by atoms with Crippen LogP contribution in [0.1, 0.15) is 29.8 Å². The van der Waals surface area contributed by atoms with Gasteiger partial charge in [0.25, 0.3) is 11.9 Å². The van der Waals surface area contributed by atoms with Crippen molar-refractivity contribution in [2.45, 2.75) is 19.3 Å². The number of amides is 1. The van der Waals surface area contributed by atoms with Gasteiger partial charge in [-0.1, -0.05) is 0 Å². The second-order valence-corrected chi connectivity index (χ2v) is 3.42. The summed E-state index contributed by atoms with van der Waals surface area (Å²) in [4.78, 5) is 17.4. The summed E-state index contributed by atoms with van der Waals surface area (Å²) in [6.45, 7) is 1.62. The molecule has 0 bridgehead atoms. The van der Waals surface area contributed by atoms with E-state index in [0.29, 0.717) is 5.69 Å². The van der Waals surface area contributed by atoms with E-state index in [9.17, 15) is 4.79 Å². The fraction of sp³-hybridized carbons (Fsp3) is 0.556. The normalized spacial score (nSPS) is 17.0. The van der Waals surface area contributed by atoms with Gasteiger partial charge in [0.15, 0.2) is 5.69 Å². The number of hydrogen-bond donors (Lipinski definition) is 1. The zero-order valence-corrected chi connectivity index (χ0v) is 7.90. The summed E-state index contributed by atoms with van der Waals surface area (Å²) in [6, 6.07) is 0.0466. The van der Waals surface area contributed by atoms with Crippen molar-refractivity contribution in [3.05, 3.63) is 12.0 Å². The third-order valence-corrected chi connectivity index (χ3v) is 2.38. The van der Waals surface area contributed by atoms with Crippen LogP contribution < -0.4 is 5.73 Å². The third kappa shape index (κ3) is 1.71. The van der Waals surface area contributed by atoms with E-state index in [1.807, 2.05) is 0 Å². The van der Waals surface area contributed by atoms with E-state index in [-0.39, 0.29) is 11.9 Å². The molecule has 0 unspecified atom stereocenters. The summed E-state index contributed by atoms with van der Waals surface area (Å²) in [7, 11) is 0. The second kappa shape index (κ2) is 3.69. The number of likely N-dealkylation sites (tertiary alicyclic amines) is 1. The van der Waals surface area contributed by atoms with E-state index in [1.165, 1.54) is 12.7 Å². The molecule has 0 radical (unpaired) electrons. The Morgan fingerprint density at radius 2 is 2.14 bits per heavy atom. The minimum Gasteiger partial charge on any atom is -0.431 e. The molecule has 14 heavy (non-hydrogen) atoms. The number of carbonyl (C=O) groups excluding carboxylic acids is 1. The molecule has 0 aliphatic carbocycles. The van der Waals surface area contributed by atoms with Gasteiger partial charge in [-0.05, 0) is 19.3 Å². The van der Waals surface area contributed by atoms with Crippen LogP contribution in [0.2, 0.25) is 0 Å². The molecule has 2 N–H and O–H groups in total. The summed E-state index contributed by atoms with van der Waals surface area (Å²) < 4.78 is 4.80. The molecule has 0 atom stereocenters. The first-order valence-electron chi connectivity index (χ1n) is 4.77. The van der Waals surface area contributed by atoms with Gasteiger partial charge in [-0.25, -0.2) is 0 Å². The molecule has 1 aliphatic heterocycles. The molecule has 76 valence electrons. The van der Waals surface area contributed by atoms with Crippen LogP contribution in [0, 0.1) is 0 Å². The Kier molecular flexibility index (Phi) is 2.39. The lowest BCUT2D eigenvalue weighted by molar-refractivity contribution is 0.0718. The van der Waals surface area contributed by atoms with Crippen molar-refractivity contribution in [3.8, 4) is 0 Å². The Morgan fingerprint density at radius 3 is 2.71 bits per heavy atom. The highest BCUT2D eigenvalue weighted by Gasteiger charge is 2.20. The van der Waals surface area contributed by atoms with Crippen LogP contribution in [0.3, 0.4) is 0 Å². The highest BCUT2D eigenvalue weighted by Crippen LogP contribution is 2.13. The zero-order chi connectivity index (χ0) is 9.97. The Bertz CT molecular complexity index is 329. The van der Waals surface area contributed by atoms with Gasteiger partial charge >= 0.3 is 0 Å². The maximum atomic E-state index is 11.8. The monoisotopic (exact) mass is 195 g/mol. The summed E-state index contributed by atoms with van der Waals surface area (Å²) >= 11 is 0. The molecule has 5 heteroatoms. The molecule has 0 spiro atoms. The van der Waals surface area contributed by atoms with E-state index >= 15 is 0 Å². The largest absolute Gasteiger partial charge is 0.431 e. The fourth-order valence-electron chi connectivity index (χ4n) is 1.64. The lowest BCUT2D eigenvalue weighted by atomic mass is 10.1. The first-order chi connectivity index (χ1) is 6.77. The Labute approximate surface area is 81.9 Å². The van der Waals surface area contributed by atoms with Crippen molar-refractivity contribution < 1.29 is 9.21 Å². The summed E-state index contributed by atoms with van der Waals surface area (Å²) in [6.07, 6.45) is 4.65. The molecule has 1 fully saturated rings. The number of rotatable bonds is 1. The number of nitrogen functional groups attached to an aromatic ring is 1. The van der Waals surface area contributed by atoms with Crippen LogP contribution in [-0.2, 0) is 0 Å². The van der Waals surface area contributed by atoms with E-state index in [0.717, 1.165) is 25.9 Å². The first kappa shape index (κ1) is 9.05. The molecular weight excluding hydrogens is 182 g/mol. The molecule has 1 aromatic rings. The maximum Gasteiger partial charge on any atom is 0.292 e. The Balaban J connectivity index is 2.07. The van der Waals surface area contributed by atoms with Gasteiger partial charge in [-0.15, -0.1) is 0 Å². The van der Waals surface area contributed by atoms with E-state index in [1.54, 1.807) is 4.90 Å². The molecule has 0 saturated carbocycles. The number of nitrogens with zero attached hydrogens (tertiary/aromatic N) is 2. The zero-order valence-electron chi connectivity index (χ0n) is 7.90. The van der Waals surface area contributed by atoms with Crippen LogP contribution in [-0.4, -0.2) is 28.9 Å². The highest BCUT2D eigenvalue weighted by atomic mass is 16.4. The van der Waals surface area contributed by atoms with Gasteiger partial charge < -0.3 is 15.1 Å². The van der Waals surface area contributed by atoms with Gasteiger partial charge in [0, 0.05) is 13.1 Å². The van der Waals surface area contributed by atoms with Gasteiger partial charge in [-0.2, -0.15) is 4.98 Å². The van der Waals surface area contributed by atoms with E-state index in [2.05, 4.69) is 4.98 Å². The van der Waals surface area contributed by atoms with Gasteiger partial charge in [0.05, 0.1) is 0 Å². The summed E-state index contributed by atoms with van der Waals surface area (Å²) in [5.41, 5.74) is 5.61. The number of aromatic nitrogens is 1. The average molecular weight is 195 g/mol. The van der Waals surface area contributed by atoms with Crippen LogP contribution in [0.15, 0.2) is 10.7 Å². The molecule has 2 rings (SSSR count). The maximum absolute atomic E-state index is 11.8. The quantitative estimate of drug-likeness (QED) is 0.722. The number of oxazole rings is 1. The topological polar surface area (TPSA) is 72.4 Å². The highest BCUT2D eigenvalue weighted by molar-refractivity contribution is 5.92. The molecule has 0 aromatic carbocycles. The van der Waals surface area contributed by atoms with Crippen LogP contribution in [0.5, 0.6) is 0 Å². The Morgan fingerprint density at radius 1 is 1.43 bits per heavy atom. The SMILES string of the molecule is Nc1nc(C(=O)N2CCCCC2)co1. The second-order valence-electron chi connectivity index (χ2n) is 3.42. The van der Waals surface area contributed by atoms with Gasteiger partial charge in [-0.3, -0.25) is 4.79 Å². The summed E-state index contributed by atoms with van der Waals surface area (Å²) in [5, 5.41) is 0. The molecule has 1 aromatic heterocycles. The standard InChI is InChI=1S/C9H13N3O2/c10-9-11-7(6-14-9)8(13)12-4-2-1-3-5-12/h6H,1-5H2,(H2,10,11). The van der Waals surface area contributed by atoms with Crippen molar-refractivity contribution >= 4 is 11.9 Å². The number of nitrogens with two attached hydrogens (primary N) is 1. The first-order valence-corrected chi connectivity index (χ1v) is 4.77. The number of anilines is 1. The molecule has 1 saturated heterocycles. The predicted octanol–water partition coefficient (Wildman–Crippen LogP) is 0.883. The fourth-order valence-corrected chi connectivity index (χ4v) is 1.64. The van der Waals surface area contributed by atoms with E-state index < -0.39 is 0 Å². The average Bonchev–Trinajstić information content (AvgIpc) is 2.65. The molecule has 5 nitrogen and oxygen atoms in total. The van der Waals surface area contributed by atoms with Crippen LogP contribution >= 0.6 is 0 Å².